The molecule has 1 aromatic heterocycles. The molecule has 0 unspecified atom stereocenters. The number of anilines is 1. The van der Waals surface area contributed by atoms with Gasteiger partial charge in [-0.2, -0.15) is 9.78 Å². The van der Waals surface area contributed by atoms with Crippen molar-refractivity contribution in [2.45, 2.75) is 0 Å². The Labute approximate surface area is 225 Å². The van der Waals surface area contributed by atoms with Crippen molar-refractivity contribution >= 4 is 44.6 Å². The zero-order valence-electron chi connectivity index (χ0n) is 19.8. The molecule has 0 fully saturated rings. The summed E-state index contributed by atoms with van der Waals surface area (Å²) < 4.78 is 20.9. The number of nitrogens with zero attached hydrogens (tertiary/aromatic N) is 3. The molecule has 5 aromatic rings. The molecule has 0 bridgehead atoms. The molecule has 0 saturated heterocycles. The molecule has 1 amide bonds. The molecule has 1 N–H and O–H groups in total. The molecule has 0 aliphatic rings. The molecule has 0 atom stereocenters. The van der Waals surface area contributed by atoms with Crippen LogP contribution in [0.15, 0.2) is 111 Å². The van der Waals surface area contributed by atoms with Crippen LogP contribution in [0.4, 0.5) is 10.1 Å². The van der Waals surface area contributed by atoms with Gasteiger partial charge in [-0.05, 0) is 54.6 Å². The largest absolute Gasteiger partial charge is 0.483 e. The Balaban J connectivity index is 1.45. The average molecular weight is 571 g/mol. The van der Waals surface area contributed by atoms with Crippen LogP contribution in [0.2, 0.25) is 0 Å². The number of fused-ring (bicyclic) bond motifs is 1. The predicted octanol–water partition coefficient (Wildman–Crippen LogP) is 5.86. The van der Waals surface area contributed by atoms with E-state index in [1.807, 2.05) is 36.4 Å². The van der Waals surface area contributed by atoms with E-state index in [9.17, 15) is 14.0 Å². The van der Waals surface area contributed by atoms with Gasteiger partial charge in [-0.15, -0.1) is 0 Å². The minimum Gasteiger partial charge on any atom is -0.483 e. The van der Waals surface area contributed by atoms with Gasteiger partial charge in [-0.3, -0.25) is 9.59 Å². The van der Waals surface area contributed by atoms with Gasteiger partial charge in [0.15, 0.2) is 12.4 Å². The maximum Gasteiger partial charge on any atom is 0.282 e. The second-order valence-electron chi connectivity index (χ2n) is 8.21. The van der Waals surface area contributed by atoms with Crippen molar-refractivity contribution in [2.75, 3.05) is 11.9 Å². The average Bonchev–Trinajstić information content (AvgIpc) is 2.93. The zero-order chi connectivity index (χ0) is 26.5. The maximum absolute atomic E-state index is 13.4. The molecule has 5 rings (SSSR count). The second kappa shape index (κ2) is 11.2. The standard InChI is InChI=1S/C29H20BrFN4O3/c30-21-10-15-26(38-18-27(36)33-23-13-11-22(31)12-14-23)20(16-21)17-32-35-28(19-6-2-1-3-7-19)34-25-9-5-4-8-24(25)29(35)37/h1-17H,18H2,(H,33,36). The highest BCUT2D eigenvalue weighted by molar-refractivity contribution is 9.10. The lowest BCUT2D eigenvalue weighted by Gasteiger charge is -2.11. The summed E-state index contributed by atoms with van der Waals surface area (Å²) in [5, 5.41) is 7.58. The molecule has 4 aromatic carbocycles. The lowest BCUT2D eigenvalue weighted by molar-refractivity contribution is -0.118. The summed E-state index contributed by atoms with van der Waals surface area (Å²) in [6, 6.07) is 27.1. The number of rotatable bonds is 7. The number of amides is 1. The first-order valence-electron chi connectivity index (χ1n) is 11.6. The SMILES string of the molecule is O=C(COc1ccc(Br)cc1C=Nn1c(-c2ccccc2)nc2ccccc2c1=O)Nc1ccc(F)cc1. The zero-order valence-corrected chi connectivity index (χ0v) is 21.4. The number of hydrogen-bond acceptors (Lipinski definition) is 5. The number of aromatic nitrogens is 2. The van der Waals surface area contributed by atoms with Crippen molar-refractivity contribution in [1.82, 2.24) is 9.66 Å². The second-order valence-corrected chi connectivity index (χ2v) is 9.12. The highest BCUT2D eigenvalue weighted by Crippen LogP contribution is 2.23. The number of para-hydroxylation sites is 1. The van der Waals surface area contributed by atoms with Crippen molar-refractivity contribution in [3.63, 3.8) is 0 Å². The Kier molecular flexibility index (Phi) is 7.37. The van der Waals surface area contributed by atoms with E-state index in [1.54, 1.807) is 36.4 Å². The summed E-state index contributed by atoms with van der Waals surface area (Å²) in [6.45, 7) is -0.285. The van der Waals surface area contributed by atoms with Crippen LogP contribution in [0.5, 0.6) is 5.75 Å². The van der Waals surface area contributed by atoms with Gasteiger partial charge in [-0.1, -0.05) is 58.4 Å². The molecule has 9 heteroatoms. The quantitative estimate of drug-likeness (QED) is 0.248. The fourth-order valence-corrected chi connectivity index (χ4v) is 4.13. The van der Waals surface area contributed by atoms with Gasteiger partial charge in [0, 0.05) is 21.3 Å². The fraction of sp³-hybridized carbons (Fsp3) is 0.0345. The summed E-state index contributed by atoms with van der Waals surface area (Å²) in [4.78, 5) is 30.5. The van der Waals surface area contributed by atoms with Gasteiger partial charge in [0.25, 0.3) is 11.5 Å². The normalized spacial score (nSPS) is 11.1. The van der Waals surface area contributed by atoms with Gasteiger partial charge in [0.2, 0.25) is 0 Å². The molecule has 0 aliphatic carbocycles. The van der Waals surface area contributed by atoms with Gasteiger partial charge >= 0.3 is 0 Å². The molecule has 188 valence electrons. The van der Waals surface area contributed by atoms with Crippen molar-refractivity contribution in [3.8, 4) is 17.1 Å². The molecule has 7 nitrogen and oxygen atoms in total. The van der Waals surface area contributed by atoms with Crippen LogP contribution in [0.25, 0.3) is 22.3 Å². The van der Waals surface area contributed by atoms with Gasteiger partial charge in [0.05, 0.1) is 17.1 Å². The molecule has 0 spiro atoms. The van der Waals surface area contributed by atoms with Crippen molar-refractivity contribution < 1.29 is 13.9 Å². The first-order chi connectivity index (χ1) is 18.5. The summed E-state index contributed by atoms with van der Waals surface area (Å²) in [5.41, 5.74) is 1.97. The monoisotopic (exact) mass is 570 g/mol. The van der Waals surface area contributed by atoms with E-state index in [2.05, 4.69) is 26.3 Å². The Hall–Kier alpha value is -4.63. The van der Waals surface area contributed by atoms with E-state index in [0.717, 1.165) is 10.0 Å². The number of benzene rings is 4. The Morgan fingerprint density at radius 2 is 1.74 bits per heavy atom. The van der Waals surface area contributed by atoms with Gasteiger partial charge in [0.1, 0.15) is 11.6 Å². The third kappa shape index (κ3) is 5.68. The molecule has 38 heavy (non-hydrogen) atoms. The van der Waals surface area contributed by atoms with Gasteiger partial charge in [-0.25, -0.2) is 9.37 Å². The smallest absolute Gasteiger partial charge is 0.282 e. The molecular weight excluding hydrogens is 551 g/mol. The fourth-order valence-electron chi connectivity index (χ4n) is 3.75. The predicted molar refractivity (Wildman–Crippen MR) is 149 cm³/mol. The van der Waals surface area contributed by atoms with E-state index in [1.165, 1.54) is 35.2 Å². The number of nitrogens with one attached hydrogen (secondary N) is 1. The summed E-state index contributed by atoms with van der Waals surface area (Å²) >= 11 is 3.44. The van der Waals surface area contributed by atoms with Crippen LogP contribution in [0.3, 0.4) is 0 Å². The molecule has 1 heterocycles. The number of halogens is 2. The lowest BCUT2D eigenvalue weighted by Crippen LogP contribution is -2.21. The topological polar surface area (TPSA) is 85.6 Å². The maximum atomic E-state index is 13.4. The van der Waals surface area contributed by atoms with Crippen LogP contribution in [-0.4, -0.2) is 28.4 Å². The Bertz CT molecular complexity index is 1700. The number of carbonyl (C=O) groups excluding carboxylic acids is 1. The van der Waals surface area contributed by atoms with Crippen LogP contribution in [-0.2, 0) is 4.79 Å². The van der Waals surface area contributed by atoms with E-state index in [4.69, 9.17) is 9.72 Å². The van der Waals surface area contributed by atoms with Crippen LogP contribution in [0, 0.1) is 5.82 Å². The van der Waals surface area contributed by atoms with Gasteiger partial charge < -0.3 is 10.1 Å². The molecule has 0 aliphatic heterocycles. The first kappa shape index (κ1) is 25.0. The number of carbonyl (C=O) groups is 1. The Morgan fingerprint density at radius 1 is 1.00 bits per heavy atom. The summed E-state index contributed by atoms with van der Waals surface area (Å²) in [6.07, 6.45) is 1.49. The van der Waals surface area contributed by atoms with E-state index < -0.39 is 11.7 Å². The summed E-state index contributed by atoms with van der Waals surface area (Å²) in [7, 11) is 0. The molecule has 0 radical (unpaired) electrons. The highest BCUT2D eigenvalue weighted by atomic mass is 79.9. The number of hydrogen-bond donors (Lipinski definition) is 1. The molecular formula is C29H20BrFN4O3. The van der Waals surface area contributed by atoms with Crippen LogP contribution in [0.1, 0.15) is 5.56 Å². The van der Waals surface area contributed by atoms with Crippen LogP contribution < -0.4 is 15.6 Å². The minimum atomic E-state index is -0.413. The first-order valence-corrected chi connectivity index (χ1v) is 12.4. The van der Waals surface area contributed by atoms with E-state index in [0.29, 0.717) is 33.7 Å². The van der Waals surface area contributed by atoms with Crippen LogP contribution >= 0.6 is 15.9 Å². The lowest BCUT2D eigenvalue weighted by atomic mass is 10.2. The van der Waals surface area contributed by atoms with E-state index in [-0.39, 0.29) is 12.2 Å². The van der Waals surface area contributed by atoms with Crippen molar-refractivity contribution in [1.29, 1.82) is 0 Å². The minimum absolute atomic E-state index is 0.285. The van der Waals surface area contributed by atoms with Crippen molar-refractivity contribution in [2.24, 2.45) is 5.10 Å². The van der Waals surface area contributed by atoms with E-state index >= 15 is 0 Å². The third-order valence-electron chi connectivity index (χ3n) is 5.56. The Morgan fingerprint density at radius 3 is 2.53 bits per heavy atom. The third-order valence-corrected chi connectivity index (χ3v) is 6.05. The number of ether oxygens (including phenoxy) is 1. The summed E-state index contributed by atoms with van der Waals surface area (Å²) in [5.74, 6) is -0.0335. The molecule has 0 saturated carbocycles. The van der Waals surface area contributed by atoms with Crippen molar-refractivity contribution in [3.05, 3.63) is 123 Å². The highest BCUT2D eigenvalue weighted by Gasteiger charge is 2.13.